The summed E-state index contributed by atoms with van der Waals surface area (Å²) in [6, 6.07) is 8.08. The molecule has 0 saturated heterocycles. The third kappa shape index (κ3) is 4.34. The second-order valence-corrected chi connectivity index (χ2v) is 4.39. The fraction of sp³-hybridized carbons (Fsp3) is 0.538. The number of ether oxygens (including phenoxy) is 1. The number of nitrogens with two attached hydrogens (primary N) is 1. The maximum Gasteiger partial charge on any atom is 0.119 e. The van der Waals surface area contributed by atoms with Crippen LogP contribution in [0, 0.1) is 5.92 Å². The summed E-state index contributed by atoms with van der Waals surface area (Å²) in [6.07, 6.45) is 1.09. The Morgan fingerprint density at radius 1 is 1.27 bits per heavy atom. The third-order valence-electron chi connectivity index (χ3n) is 2.35. The van der Waals surface area contributed by atoms with Gasteiger partial charge >= 0.3 is 0 Å². The molecule has 1 atom stereocenters. The summed E-state index contributed by atoms with van der Waals surface area (Å²) in [5, 5.41) is 0. The van der Waals surface area contributed by atoms with Gasteiger partial charge in [0.1, 0.15) is 5.75 Å². The van der Waals surface area contributed by atoms with Crippen LogP contribution in [0.4, 0.5) is 0 Å². The van der Waals surface area contributed by atoms with Crippen molar-refractivity contribution in [3.63, 3.8) is 0 Å². The molecule has 0 aliphatic rings. The second kappa shape index (κ2) is 5.76. The highest BCUT2D eigenvalue weighted by Gasteiger charge is 2.01. The number of benzene rings is 1. The van der Waals surface area contributed by atoms with Gasteiger partial charge in [-0.25, -0.2) is 0 Å². The third-order valence-corrected chi connectivity index (χ3v) is 2.35. The van der Waals surface area contributed by atoms with Gasteiger partial charge in [0.15, 0.2) is 0 Å². The molecule has 1 aromatic rings. The molecule has 0 spiro atoms. The first kappa shape index (κ1) is 12.1. The van der Waals surface area contributed by atoms with Crippen LogP contribution in [0.2, 0.25) is 0 Å². The van der Waals surface area contributed by atoms with Gasteiger partial charge in [-0.2, -0.15) is 0 Å². The van der Waals surface area contributed by atoms with Crippen molar-refractivity contribution in [1.29, 1.82) is 0 Å². The molecule has 0 radical (unpaired) electrons. The van der Waals surface area contributed by atoms with Crippen LogP contribution >= 0.6 is 0 Å². The lowest BCUT2D eigenvalue weighted by Gasteiger charge is -2.10. The van der Waals surface area contributed by atoms with E-state index in [4.69, 9.17) is 10.5 Å². The molecule has 1 rings (SSSR count). The first-order valence-corrected chi connectivity index (χ1v) is 5.58. The van der Waals surface area contributed by atoms with Crippen molar-refractivity contribution >= 4 is 0 Å². The van der Waals surface area contributed by atoms with Crippen molar-refractivity contribution in [2.75, 3.05) is 6.61 Å². The van der Waals surface area contributed by atoms with Crippen LogP contribution in [0.3, 0.4) is 0 Å². The molecule has 0 bridgehead atoms. The Bertz CT molecular complexity index is 294. The predicted molar refractivity (Wildman–Crippen MR) is 64.0 cm³/mol. The van der Waals surface area contributed by atoms with Crippen LogP contribution in [0.25, 0.3) is 0 Å². The number of hydrogen-bond acceptors (Lipinski definition) is 2. The van der Waals surface area contributed by atoms with Crippen LogP contribution < -0.4 is 10.5 Å². The highest BCUT2D eigenvalue weighted by molar-refractivity contribution is 5.30. The highest BCUT2D eigenvalue weighted by Crippen LogP contribution is 2.18. The van der Waals surface area contributed by atoms with Gasteiger partial charge in [0.2, 0.25) is 0 Å². The van der Waals surface area contributed by atoms with Crippen LogP contribution in [-0.2, 0) is 0 Å². The van der Waals surface area contributed by atoms with Gasteiger partial charge in [-0.05, 0) is 37.0 Å². The van der Waals surface area contributed by atoms with Gasteiger partial charge in [0, 0.05) is 6.04 Å². The Hall–Kier alpha value is -1.02. The van der Waals surface area contributed by atoms with E-state index in [0.29, 0.717) is 5.92 Å². The molecular formula is C13H21NO. The molecule has 2 nitrogen and oxygen atoms in total. The van der Waals surface area contributed by atoms with Crippen LogP contribution in [0.5, 0.6) is 5.75 Å². The van der Waals surface area contributed by atoms with Crippen molar-refractivity contribution in [2.45, 2.75) is 33.2 Å². The molecule has 1 aromatic carbocycles. The van der Waals surface area contributed by atoms with E-state index >= 15 is 0 Å². The fourth-order valence-corrected chi connectivity index (χ4v) is 1.30. The monoisotopic (exact) mass is 207 g/mol. The summed E-state index contributed by atoms with van der Waals surface area (Å²) >= 11 is 0. The Morgan fingerprint density at radius 2 is 2.00 bits per heavy atom. The quantitative estimate of drug-likeness (QED) is 0.805. The highest BCUT2D eigenvalue weighted by atomic mass is 16.5. The molecule has 2 N–H and O–H groups in total. The normalized spacial score (nSPS) is 12.9. The molecule has 0 heterocycles. The Kier molecular flexibility index (Phi) is 4.63. The van der Waals surface area contributed by atoms with Gasteiger partial charge in [-0.15, -0.1) is 0 Å². The summed E-state index contributed by atoms with van der Waals surface area (Å²) < 4.78 is 5.65. The van der Waals surface area contributed by atoms with E-state index < -0.39 is 0 Å². The largest absolute Gasteiger partial charge is 0.494 e. The molecular weight excluding hydrogens is 186 g/mol. The van der Waals surface area contributed by atoms with Crippen molar-refractivity contribution in [3.05, 3.63) is 29.8 Å². The predicted octanol–water partition coefficient (Wildman–Crippen LogP) is 3.13. The summed E-state index contributed by atoms with van der Waals surface area (Å²) in [7, 11) is 0. The first-order chi connectivity index (χ1) is 7.09. The molecule has 0 aromatic heterocycles. The van der Waals surface area contributed by atoms with Crippen LogP contribution in [0.15, 0.2) is 24.3 Å². The second-order valence-electron chi connectivity index (χ2n) is 4.39. The van der Waals surface area contributed by atoms with Crippen LogP contribution in [0.1, 0.15) is 38.8 Å². The van der Waals surface area contributed by atoms with E-state index in [0.717, 1.165) is 24.3 Å². The zero-order valence-corrected chi connectivity index (χ0v) is 9.86. The summed E-state index contributed by atoms with van der Waals surface area (Å²) in [6.45, 7) is 7.15. The molecule has 0 amide bonds. The minimum atomic E-state index is 0.0682. The fourth-order valence-electron chi connectivity index (χ4n) is 1.30. The average molecular weight is 207 g/mol. The first-order valence-electron chi connectivity index (χ1n) is 5.58. The lowest BCUT2D eigenvalue weighted by molar-refractivity contribution is 0.289. The number of rotatable bonds is 5. The zero-order chi connectivity index (χ0) is 11.3. The maximum atomic E-state index is 5.80. The standard InChI is InChI=1S/C13H21NO/c1-10(2)7-8-15-13-6-4-5-12(9-13)11(3)14/h4-6,9-11H,7-8,14H2,1-3H3/t11-/m1/s1. The van der Waals surface area contributed by atoms with Gasteiger partial charge in [0.25, 0.3) is 0 Å². The molecule has 0 aliphatic heterocycles. The van der Waals surface area contributed by atoms with E-state index in [1.54, 1.807) is 0 Å². The Labute approximate surface area is 92.4 Å². The van der Waals surface area contributed by atoms with Crippen molar-refractivity contribution in [3.8, 4) is 5.75 Å². The molecule has 0 fully saturated rings. The van der Waals surface area contributed by atoms with Gasteiger partial charge < -0.3 is 10.5 Å². The van der Waals surface area contributed by atoms with E-state index in [-0.39, 0.29) is 6.04 Å². The lowest BCUT2D eigenvalue weighted by atomic mass is 10.1. The van der Waals surface area contributed by atoms with Crippen LogP contribution in [-0.4, -0.2) is 6.61 Å². The van der Waals surface area contributed by atoms with Gasteiger partial charge in [-0.1, -0.05) is 26.0 Å². The SMILES string of the molecule is CC(C)CCOc1cccc([C@@H](C)N)c1. The summed E-state index contributed by atoms with van der Waals surface area (Å²) in [5.41, 5.74) is 6.93. The van der Waals surface area contributed by atoms with E-state index in [1.807, 2.05) is 31.2 Å². The topological polar surface area (TPSA) is 35.2 Å². The molecule has 0 saturated carbocycles. The molecule has 15 heavy (non-hydrogen) atoms. The van der Waals surface area contributed by atoms with E-state index in [2.05, 4.69) is 13.8 Å². The van der Waals surface area contributed by atoms with Gasteiger partial charge in [0.05, 0.1) is 6.61 Å². The van der Waals surface area contributed by atoms with E-state index in [1.165, 1.54) is 0 Å². The average Bonchev–Trinajstić information content (AvgIpc) is 2.17. The summed E-state index contributed by atoms with van der Waals surface area (Å²) in [5.74, 6) is 1.60. The maximum absolute atomic E-state index is 5.80. The zero-order valence-electron chi connectivity index (χ0n) is 9.86. The van der Waals surface area contributed by atoms with Gasteiger partial charge in [-0.3, -0.25) is 0 Å². The minimum Gasteiger partial charge on any atom is -0.494 e. The van der Waals surface area contributed by atoms with Crippen molar-refractivity contribution in [2.24, 2.45) is 11.7 Å². The van der Waals surface area contributed by atoms with Crippen molar-refractivity contribution in [1.82, 2.24) is 0 Å². The lowest BCUT2D eigenvalue weighted by Crippen LogP contribution is -2.06. The molecule has 84 valence electrons. The summed E-state index contributed by atoms with van der Waals surface area (Å²) in [4.78, 5) is 0. The molecule has 0 aliphatic carbocycles. The Morgan fingerprint density at radius 3 is 2.60 bits per heavy atom. The molecule has 2 heteroatoms. The Balaban J connectivity index is 2.50. The number of hydrogen-bond donors (Lipinski definition) is 1. The smallest absolute Gasteiger partial charge is 0.119 e. The molecule has 0 unspecified atom stereocenters. The van der Waals surface area contributed by atoms with E-state index in [9.17, 15) is 0 Å². The minimum absolute atomic E-state index is 0.0682. The van der Waals surface area contributed by atoms with Crippen molar-refractivity contribution < 1.29 is 4.74 Å².